The van der Waals surface area contributed by atoms with Gasteiger partial charge in [0.1, 0.15) is 34.5 Å². The van der Waals surface area contributed by atoms with Crippen LogP contribution in [0.5, 0.6) is 17.4 Å². The molecule has 6 heterocycles. The number of piperidine rings is 1. The molecule has 2 aliphatic heterocycles. The van der Waals surface area contributed by atoms with Crippen molar-refractivity contribution in [3.05, 3.63) is 70.9 Å². The van der Waals surface area contributed by atoms with Crippen molar-refractivity contribution >= 4 is 16.9 Å². The summed E-state index contributed by atoms with van der Waals surface area (Å²) in [5.41, 5.74) is -0.442. The van der Waals surface area contributed by atoms with Gasteiger partial charge in [0.05, 0.1) is 23.7 Å². The topological polar surface area (TPSA) is 96.5 Å². The normalized spacial score (nSPS) is 18.0. The Hall–Kier alpha value is -4.40. The molecule has 0 aliphatic carbocycles. The number of halogens is 6. The Morgan fingerprint density at radius 3 is 2.49 bits per heavy atom. The number of carbonyl (C=O) groups excluding carboxylic acids is 1. The highest BCUT2D eigenvalue weighted by Gasteiger charge is 2.37. The zero-order chi connectivity index (χ0) is 33.5. The summed E-state index contributed by atoms with van der Waals surface area (Å²) in [6.07, 6.45) is -4.13. The quantitative estimate of drug-likeness (QED) is 0.219. The fourth-order valence-corrected chi connectivity index (χ4v) is 5.99. The lowest BCUT2D eigenvalue weighted by Gasteiger charge is -2.34. The van der Waals surface area contributed by atoms with Gasteiger partial charge in [-0.25, -0.2) is 9.97 Å². The molecule has 1 unspecified atom stereocenters. The first-order valence-electron chi connectivity index (χ1n) is 15.2. The zero-order valence-corrected chi connectivity index (χ0v) is 25.6. The van der Waals surface area contributed by atoms with Gasteiger partial charge in [-0.15, -0.1) is 0 Å². The third-order valence-corrected chi connectivity index (χ3v) is 8.55. The van der Waals surface area contributed by atoms with Crippen molar-refractivity contribution < 1.29 is 40.6 Å². The molecular weight excluding hydrogens is 630 g/mol. The number of carbonyl (C=O) groups is 1. The summed E-state index contributed by atoms with van der Waals surface area (Å²) in [6.45, 7) is 3.81. The van der Waals surface area contributed by atoms with E-state index in [1.807, 2.05) is 14.0 Å². The van der Waals surface area contributed by atoms with E-state index in [1.165, 1.54) is 24.7 Å². The lowest BCUT2D eigenvalue weighted by Crippen LogP contribution is -2.39. The zero-order valence-electron chi connectivity index (χ0n) is 25.6. The van der Waals surface area contributed by atoms with Crippen LogP contribution in [0.4, 0.5) is 26.3 Å². The molecule has 1 atom stereocenters. The maximum absolute atomic E-state index is 14.0. The van der Waals surface area contributed by atoms with Crippen molar-refractivity contribution in [1.29, 1.82) is 0 Å². The SMILES string of the molecule is CCC1CN(C(=O)Cc2cnc(OC3CCN(C)CC3)c(C(F)(F)F)c2)Cc2cc(Oc3ccnc4[nH]c(C(F)(F)F)cc34)cnc21. The van der Waals surface area contributed by atoms with Crippen LogP contribution in [0.3, 0.4) is 0 Å². The molecule has 1 N–H and O–H groups in total. The minimum absolute atomic E-state index is 0.00755. The Morgan fingerprint density at radius 1 is 1.02 bits per heavy atom. The average Bonchev–Trinajstić information content (AvgIpc) is 3.48. The van der Waals surface area contributed by atoms with E-state index in [0.29, 0.717) is 44.5 Å². The third-order valence-electron chi connectivity index (χ3n) is 8.55. The second kappa shape index (κ2) is 12.7. The number of H-pyrrole nitrogens is 1. The minimum atomic E-state index is -4.72. The van der Waals surface area contributed by atoms with Crippen LogP contribution in [-0.4, -0.2) is 68.4 Å². The van der Waals surface area contributed by atoms with Gasteiger partial charge in [-0.2, -0.15) is 26.3 Å². The number of fused-ring (bicyclic) bond motifs is 2. The van der Waals surface area contributed by atoms with Crippen LogP contribution < -0.4 is 9.47 Å². The Bertz CT molecular complexity index is 1770. The summed E-state index contributed by atoms with van der Waals surface area (Å²) in [7, 11) is 1.94. The maximum atomic E-state index is 14.0. The second-order valence-corrected chi connectivity index (χ2v) is 11.9. The minimum Gasteiger partial charge on any atom is -0.474 e. The summed E-state index contributed by atoms with van der Waals surface area (Å²) in [6, 6.07) is 4.96. The lowest BCUT2D eigenvalue weighted by molar-refractivity contribution is -0.141. The van der Waals surface area contributed by atoms with Gasteiger partial charge in [0, 0.05) is 44.5 Å². The molecule has 0 radical (unpaired) electrons. The number of amides is 1. The molecule has 0 saturated carbocycles. The van der Waals surface area contributed by atoms with Crippen molar-refractivity contribution in [2.45, 2.75) is 63.5 Å². The Labute approximate surface area is 265 Å². The first kappa shape index (κ1) is 32.5. The molecule has 4 aromatic rings. The number of aromatic nitrogens is 4. The van der Waals surface area contributed by atoms with Gasteiger partial charge in [-0.3, -0.25) is 9.78 Å². The highest BCUT2D eigenvalue weighted by molar-refractivity contribution is 5.84. The number of aromatic amines is 1. The molecule has 250 valence electrons. The van der Waals surface area contributed by atoms with Crippen LogP contribution in [0.15, 0.2) is 42.9 Å². The maximum Gasteiger partial charge on any atom is 0.431 e. The highest BCUT2D eigenvalue weighted by Crippen LogP contribution is 2.39. The van der Waals surface area contributed by atoms with Gasteiger partial charge in [0.15, 0.2) is 0 Å². The van der Waals surface area contributed by atoms with E-state index in [1.54, 1.807) is 11.0 Å². The molecule has 15 heteroatoms. The number of ether oxygens (including phenoxy) is 2. The van der Waals surface area contributed by atoms with Crippen LogP contribution in [0, 0.1) is 0 Å². The molecule has 1 saturated heterocycles. The Morgan fingerprint density at radius 2 is 1.79 bits per heavy atom. The average molecular weight is 663 g/mol. The molecule has 6 rings (SSSR count). The lowest BCUT2D eigenvalue weighted by atomic mass is 9.92. The van der Waals surface area contributed by atoms with Gasteiger partial charge >= 0.3 is 12.4 Å². The molecule has 2 aliphatic rings. The van der Waals surface area contributed by atoms with Crippen molar-refractivity contribution in [2.24, 2.45) is 0 Å². The first-order chi connectivity index (χ1) is 22.3. The number of hydrogen-bond donors (Lipinski definition) is 1. The van der Waals surface area contributed by atoms with Crippen molar-refractivity contribution in [2.75, 3.05) is 26.7 Å². The van der Waals surface area contributed by atoms with Gasteiger partial charge in [0.2, 0.25) is 11.8 Å². The molecule has 0 aromatic carbocycles. The van der Waals surface area contributed by atoms with E-state index in [-0.39, 0.29) is 59.0 Å². The summed E-state index contributed by atoms with van der Waals surface area (Å²) in [4.78, 5) is 31.8. The van der Waals surface area contributed by atoms with Crippen molar-refractivity contribution in [3.8, 4) is 17.4 Å². The van der Waals surface area contributed by atoms with Gasteiger partial charge in [0.25, 0.3) is 0 Å². The van der Waals surface area contributed by atoms with E-state index >= 15 is 0 Å². The first-order valence-corrected chi connectivity index (χ1v) is 15.2. The van der Waals surface area contributed by atoms with Gasteiger partial charge in [-0.1, -0.05) is 6.92 Å². The van der Waals surface area contributed by atoms with E-state index in [2.05, 4.69) is 24.8 Å². The molecule has 1 amide bonds. The number of nitrogens with zero attached hydrogens (tertiary/aromatic N) is 5. The number of hydrogen-bond acceptors (Lipinski definition) is 7. The smallest absolute Gasteiger partial charge is 0.431 e. The summed E-state index contributed by atoms with van der Waals surface area (Å²) < 4.78 is 93.5. The van der Waals surface area contributed by atoms with Crippen LogP contribution in [-0.2, 0) is 30.1 Å². The molecule has 1 fully saturated rings. The third kappa shape index (κ3) is 7.14. The van der Waals surface area contributed by atoms with E-state index in [0.717, 1.165) is 17.8 Å². The van der Waals surface area contributed by atoms with Gasteiger partial charge < -0.3 is 24.3 Å². The van der Waals surface area contributed by atoms with Crippen molar-refractivity contribution in [3.63, 3.8) is 0 Å². The van der Waals surface area contributed by atoms with Crippen LogP contribution in [0.2, 0.25) is 0 Å². The Balaban J connectivity index is 1.19. The fraction of sp³-hybridized carbons (Fsp3) is 0.438. The highest BCUT2D eigenvalue weighted by atomic mass is 19.4. The van der Waals surface area contributed by atoms with Crippen molar-refractivity contribution in [1.82, 2.24) is 29.7 Å². The van der Waals surface area contributed by atoms with Crippen LogP contribution in [0.1, 0.15) is 60.2 Å². The number of rotatable bonds is 7. The molecule has 0 bridgehead atoms. The molecule has 9 nitrogen and oxygen atoms in total. The summed E-state index contributed by atoms with van der Waals surface area (Å²) >= 11 is 0. The molecule has 0 spiro atoms. The summed E-state index contributed by atoms with van der Waals surface area (Å²) in [5, 5.41) is 0.135. The second-order valence-electron chi connectivity index (χ2n) is 11.9. The molecule has 47 heavy (non-hydrogen) atoms. The largest absolute Gasteiger partial charge is 0.474 e. The summed E-state index contributed by atoms with van der Waals surface area (Å²) in [5.74, 6) is -0.634. The number of alkyl halides is 6. The number of pyridine rings is 3. The van der Waals surface area contributed by atoms with Crippen LogP contribution in [0.25, 0.3) is 11.0 Å². The fourth-order valence-electron chi connectivity index (χ4n) is 5.99. The standard InChI is InChI=1S/C32H32F6N6O3/c1-3-19-16-44(27(45)11-18-10-24(31(33,34)35)30(41-14-18)47-21-5-8-43(2)9-6-21)17-20-12-22(15-40-28(19)20)46-25-4-7-39-29-23(25)13-26(42-29)32(36,37)38/h4,7,10,12-15,19,21H,3,5-6,8-9,11,16-17H2,1-2H3,(H,39,42). The number of nitrogens with one attached hydrogen (secondary N) is 1. The predicted octanol–water partition coefficient (Wildman–Crippen LogP) is 6.73. The predicted molar refractivity (Wildman–Crippen MR) is 158 cm³/mol. The Kier molecular flexibility index (Phi) is 8.76. The monoisotopic (exact) mass is 662 g/mol. The van der Waals surface area contributed by atoms with E-state index in [4.69, 9.17) is 9.47 Å². The number of likely N-dealkylation sites (tertiary alicyclic amines) is 1. The van der Waals surface area contributed by atoms with Gasteiger partial charge in [-0.05, 0) is 61.7 Å². The van der Waals surface area contributed by atoms with Crippen LogP contribution >= 0.6 is 0 Å². The van der Waals surface area contributed by atoms with E-state index < -0.39 is 29.5 Å². The molecule has 4 aromatic heterocycles. The molecular formula is C32H32F6N6O3. The van der Waals surface area contributed by atoms with E-state index in [9.17, 15) is 31.1 Å².